The second-order valence-corrected chi connectivity index (χ2v) is 6.86. The summed E-state index contributed by atoms with van der Waals surface area (Å²) < 4.78 is 57.9. The molecule has 1 N–H and O–H groups in total. The molecule has 30 heavy (non-hydrogen) atoms. The number of anilines is 1. The predicted molar refractivity (Wildman–Crippen MR) is 103 cm³/mol. The van der Waals surface area contributed by atoms with Gasteiger partial charge in [0.2, 0.25) is 0 Å². The lowest BCUT2D eigenvalue weighted by Gasteiger charge is -2.13. The number of carbonyl (C=O) groups excluding carboxylic acids is 1. The number of nitrogens with zero attached hydrogens (tertiary/aromatic N) is 1. The van der Waals surface area contributed by atoms with E-state index >= 15 is 0 Å². The van der Waals surface area contributed by atoms with Gasteiger partial charge in [-0.15, -0.1) is 0 Å². The number of hydrogen-bond acceptors (Lipinski definition) is 4. The van der Waals surface area contributed by atoms with Crippen molar-refractivity contribution in [1.29, 1.82) is 0 Å². The van der Waals surface area contributed by atoms with Crippen molar-refractivity contribution < 1.29 is 27.1 Å². The average molecular weight is 416 g/mol. The molecule has 1 atom stereocenters. The van der Waals surface area contributed by atoms with Crippen LogP contribution in [0.2, 0.25) is 0 Å². The van der Waals surface area contributed by atoms with Crippen molar-refractivity contribution in [2.24, 2.45) is 0 Å². The fourth-order valence-corrected chi connectivity index (χ4v) is 3.49. The maximum atomic E-state index is 14.6. The number of nitrogens with one attached hydrogen (secondary N) is 1. The van der Waals surface area contributed by atoms with Crippen molar-refractivity contribution in [3.63, 3.8) is 0 Å². The fourth-order valence-electron chi connectivity index (χ4n) is 3.49. The van der Waals surface area contributed by atoms with Crippen molar-refractivity contribution in [2.45, 2.75) is 12.1 Å². The van der Waals surface area contributed by atoms with E-state index in [0.29, 0.717) is 22.5 Å². The van der Waals surface area contributed by atoms with Crippen LogP contribution in [-0.2, 0) is 6.18 Å². The Kier molecular flexibility index (Phi) is 4.93. The highest BCUT2D eigenvalue weighted by molar-refractivity contribution is 6.03. The van der Waals surface area contributed by atoms with Gasteiger partial charge in [-0.25, -0.2) is 9.37 Å². The van der Waals surface area contributed by atoms with E-state index in [1.54, 1.807) is 6.07 Å². The molecule has 8 heteroatoms. The van der Waals surface area contributed by atoms with Crippen LogP contribution in [0.4, 0.5) is 23.4 Å². The Balaban J connectivity index is 1.68. The highest BCUT2D eigenvalue weighted by Crippen LogP contribution is 2.37. The third kappa shape index (κ3) is 3.49. The van der Waals surface area contributed by atoms with Crippen molar-refractivity contribution in [3.05, 3.63) is 77.2 Å². The number of rotatable bonds is 4. The van der Waals surface area contributed by atoms with E-state index in [-0.39, 0.29) is 17.9 Å². The maximum absolute atomic E-state index is 14.6. The van der Waals surface area contributed by atoms with Crippen LogP contribution in [0.15, 0.2) is 54.7 Å². The number of alkyl halides is 3. The summed E-state index contributed by atoms with van der Waals surface area (Å²) in [6.45, 7) is 0.244. The highest BCUT2D eigenvalue weighted by atomic mass is 19.4. The Morgan fingerprint density at radius 1 is 1.13 bits per heavy atom. The standard InChI is InChI=1S/C22H16F4N2O2/c1-30-18-4-2-3-15(19(18)23)20(29)17-11-28-21-16(17)9-13(10-27-21)12-5-7-14(8-6-12)22(24,25)26/h2-10,17H,11H2,1H3,(H,27,28). The summed E-state index contributed by atoms with van der Waals surface area (Å²) in [4.78, 5) is 17.3. The summed E-state index contributed by atoms with van der Waals surface area (Å²) in [5.74, 6) is -1.37. The Morgan fingerprint density at radius 2 is 1.87 bits per heavy atom. The molecule has 4 nitrogen and oxygen atoms in total. The van der Waals surface area contributed by atoms with E-state index in [9.17, 15) is 22.4 Å². The molecule has 0 spiro atoms. The van der Waals surface area contributed by atoms with Gasteiger partial charge < -0.3 is 10.1 Å². The normalized spacial score (nSPS) is 15.4. The molecule has 2 aromatic carbocycles. The second-order valence-electron chi connectivity index (χ2n) is 6.86. The SMILES string of the molecule is COc1cccc(C(=O)C2CNc3ncc(-c4ccc(C(F)(F)F)cc4)cc32)c1F. The van der Waals surface area contributed by atoms with E-state index in [1.807, 2.05) is 0 Å². The highest BCUT2D eigenvalue weighted by Gasteiger charge is 2.33. The van der Waals surface area contributed by atoms with Crippen molar-refractivity contribution >= 4 is 11.6 Å². The van der Waals surface area contributed by atoms with Gasteiger partial charge in [0.25, 0.3) is 0 Å². The van der Waals surface area contributed by atoms with Gasteiger partial charge in [-0.2, -0.15) is 13.2 Å². The van der Waals surface area contributed by atoms with Crippen LogP contribution in [0.3, 0.4) is 0 Å². The zero-order valence-corrected chi connectivity index (χ0v) is 15.8. The number of hydrogen-bond donors (Lipinski definition) is 1. The van der Waals surface area contributed by atoms with Gasteiger partial charge in [-0.1, -0.05) is 18.2 Å². The molecular formula is C22H16F4N2O2. The van der Waals surface area contributed by atoms with Gasteiger partial charge in [-0.3, -0.25) is 4.79 Å². The van der Waals surface area contributed by atoms with Crippen LogP contribution in [0.1, 0.15) is 27.4 Å². The third-order valence-electron chi connectivity index (χ3n) is 5.08. The van der Waals surface area contributed by atoms with Crippen LogP contribution < -0.4 is 10.1 Å². The van der Waals surface area contributed by atoms with Crippen LogP contribution in [-0.4, -0.2) is 24.4 Å². The van der Waals surface area contributed by atoms with Crippen LogP contribution in [0, 0.1) is 5.82 Å². The minimum Gasteiger partial charge on any atom is -0.494 e. The zero-order valence-electron chi connectivity index (χ0n) is 15.8. The Morgan fingerprint density at radius 3 is 2.53 bits per heavy atom. The minimum absolute atomic E-state index is 0.0244. The third-order valence-corrected chi connectivity index (χ3v) is 5.08. The quantitative estimate of drug-likeness (QED) is 0.463. The van der Waals surface area contributed by atoms with Gasteiger partial charge in [0.05, 0.1) is 24.2 Å². The van der Waals surface area contributed by atoms with Crippen molar-refractivity contribution in [3.8, 4) is 16.9 Å². The van der Waals surface area contributed by atoms with E-state index in [0.717, 1.165) is 12.1 Å². The molecule has 0 bridgehead atoms. The largest absolute Gasteiger partial charge is 0.494 e. The molecule has 0 saturated heterocycles. The lowest BCUT2D eigenvalue weighted by Crippen LogP contribution is -2.16. The minimum atomic E-state index is -4.42. The molecule has 0 radical (unpaired) electrons. The number of carbonyl (C=O) groups is 1. The first-order chi connectivity index (χ1) is 14.3. The molecule has 1 aliphatic rings. The van der Waals surface area contributed by atoms with Crippen molar-refractivity contribution in [1.82, 2.24) is 4.98 Å². The molecular weight excluding hydrogens is 400 g/mol. The number of halogens is 4. The smallest absolute Gasteiger partial charge is 0.416 e. The van der Waals surface area contributed by atoms with Gasteiger partial charge in [-0.05, 0) is 35.9 Å². The Labute approximate surface area is 169 Å². The van der Waals surface area contributed by atoms with Gasteiger partial charge >= 0.3 is 6.18 Å². The Hall–Kier alpha value is -3.42. The number of fused-ring (bicyclic) bond motifs is 1. The average Bonchev–Trinajstić information content (AvgIpc) is 3.16. The summed E-state index contributed by atoms with van der Waals surface area (Å²) in [5, 5.41) is 3.02. The first kappa shape index (κ1) is 19.9. The number of pyridine rings is 1. The summed E-state index contributed by atoms with van der Waals surface area (Å²) in [6.07, 6.45) is -2.90. The molecule has 2 heterocycles. The first-order valence-electron chi connectivity index (χ1n) is 9.07. The second kappa shape index (κ2) is 7.44. The maximum Gasteiger partial charge on any atom is 0.416 e. The summed E-state index contributed by atoms with van der Waals surface area (Å²) in [6, 6.07) is 10.8. The van der Waals surface area contributed by atoms with Crippen molar-refractivity contribution in [2.75, 3.05) is 19.0 Å². The van der Waals surface area contributed by atoms with Crippen LogP contribution in [0.5, 0.6) is 5.75 Å². The predicted octanol–water partition coefficient (Wildman–Crippen LogP) is 5.31. The molecule has 0 amide bonds. The number of benzene rings is 2. The lowest BCUT2D eigenvalue weighted by atomic mass is 9.91. The molecule has 1 unspecified atom stereocenters. The lowest BCUT2D eigenvalue weighted by molar-refractivity contribution is -0.137. The zero-order chi connectivity index (χ0) is 21.5. The van der Waals surface area contributed by atoms with E-state index in [4.69, 9.17) is 4.74 Å². The molecule has 4 rings (SSSR count). The van der Waals surface area contributed by atoms with Gasteiger partial charge in [0.1, 0.15) is 5.82 Å². The Bertz CT molecular complexity index is 1110. The molecule has 3 aromatic rings. The van der Waals surface area contributed by atoms with Crippen LogP contribution >= 0.6 is 0 Å². The number of Topliss-reactive ketones (excluding diaryl/α,β-unsaturated/α-hetero) is 1. The molecule has 1 aliphatic heterocycles. The van der Waals surface area contributed by atoms with E-state index < -0.39 is 29.3 Å². The van der Waals surface area contributed by atoms with Gasteiger partial charge in [0.15, 0.2) is 17.3 Å². The molecule has 1 aromatic heterocycles. The summed E-state index contributed by atoms with van der Waals surface area (Å²) in [7, 11) is 1.32. The number of aromatic nitrogens is 1. The number of ether oxygens (including phenoxy) is 1. The van der Waals surface area contributed by atoms with E-state index in [1.165, 1.54) is 43.6 Å². The number of methoxy groups -OCH3 is 1. The monoisotopic (exact) mass is 416 g/mol. The van der Waals surface area contributed by atoms with Crippen LogP contribution in [0.25, 0.3) is 11.1 Å². The molecule has 0 saturated carbocycles. The topological polar surface area (TPSA) is 51.2 Å². The fraction of sp³-hybridized carbons (Fsp3) is 0.182. The molecule has 154 valence electrons. The molecule has 0 fully saturated rings. The van der Waals surface area contributed by atoms with E-state index in [2.05, 4.69) is 10.3 Å². The number of ketones is 1. The first-order valence-corrected chi connectivity index (χ1v) is 9.07. The summed E-state index contributed by atoms with van der Waals surface area (Å²) in [5.41, 5.74) is 0.830. The summed E-state index contributed by atoms with van der Waals surface area (Å²) >= 11 is 0. The van der Waals surface area contributed by atoms with Gasteiger partial charge in [0, 0.05) is 23.9 Å². The molecule has 0 aliphatic carbocycles.